The molecule has 1 saturated heterocycles. The van der Waals surface area contributed by atoms with Crippen molar-refractivity contribution in [2.24, 2.45) is 0 Å². The maximum absolute atomic E-state index is 10.0. The van der Waals surface area contributed by atoms with Crippen LogP contribution in [0.15, 0.2) is 6.33 Å². The van der Waals surface area contributed by atoms with Gasteiger partial charge in [0.1, 0.15) is 18.3 Å². The lowest BCUT2D eigenvalue weighted by Gasteiger charge is -2.16. The molecule has 0 spiro atoms. The van der Waals surface area contributed by atoms with Gasteiger partial charge in [-0.05, 0) is 11.6 Å². The Bertz CT molecular complexity index is 665. The van der Waals surface area contributed by atoms with Crippen molar-refractivity contribution < 1.29 is 24.8 Å². The van der Waals surface area contributed by atoms with Crippen LogP contribution < -0.4 is 4.74 Å². The predicted octanol–water partition coefficient (Wildman–Crippen LogP) is -0.900. The van der Waals surface area contributed by atoms with Crippen molar-refractivity contribution in [3.05, 3.63) is 11.6 Å². The largest absolute Gasteiger partial charge is 0.479 e. The predicted molar refractivity (Wildman–Crippen MR) is 69.9 cm³/mol. The van der Waals surface area contributed by atoms with E-state index < -0.39 is 31.1 Å². The molecule has 21 heavy (non-hydrogen) atoms. The first-order chi connectivity index (χ1) is 10.1. The summed E-state index contributed by atoms with van der Waals surface area (Å²) in [6, 6.07) is 0. The molecule has 3 N–H and O–H groups in total. The van der Waals surface area contributed by atoms with Gasteiger partial charge in [0.05, 0.1) is 20.0 Å². The summed E-state index contributed by atoms with van der Waals surface area (Å²) in [7, 11) is 1.42. The molecule has 9 nitrogen and oxygen atoms in total. The molecular weight excluding hydrogens is 304 g/mol. The second-order valence-corrected chi connectivity index (χ2v) is 4.89. The molecule has 1 aliphatic rings. The van der Waals surface area contributed by atoms with Crippen LogP contribution in [-0.2, 0) is 4.74 Å². The van der Waals surface area contributed by atoms with Gasteiger partial charge >= 0.3 is 0 Å². The highest BCUT2D eigenvalue weighted by atomic mass is 35.5. The number of rotatable bonds is 3. The minimum absolute atomic E-state index is 0.0483. The fourth-order valence-electron chi connectivity index (χ4n) is 2.30. The molecule has 1 aliphatic heterocycles. The highest BCUT2D eigenvalue weighted by molar-refractivity contribution is 6.28. The number of aliphatic hydroxyl groups excluding tert-OH is 3. The molecule has 0 saturated carbocycles. The number of aliphatic hydroxyl groups is 3. The van der Waals surface area contributed by atoms with Crippen molar-refractivity contribution in [3.8, 4) is 5.88 Å². The van der Waals surface area contributed by atoms with Crippen LogP contribution in [0.3, 0.4) is 0 Å². The number of hydrogen-bond donors (Lipinski definition) is 3. The zero-order valence-corrected chi connectivity index (χ0v) is 11.7. The van der Waals surface area contributed by atoms with E-state index in [0.717, 1.165) is 0 Å². The Morgan fingerprint density at radius 3 is 2.76 bits per heavy atom. The van der Waals surface area contributed by atoms with Gasteiger partial charge in [-0.25, -0.2) is 4.98 Å². The van der Waals surface area contributed by atoms with E-state index in [1.54, 1.807) is 0 Å². The Hall–Kier alpha value is -1.52. The highest BCUT2D eigenvalue weighted by Crippen LogP contribution is 2.32. The number of aromatic nitrogens is 4. The Balaban J connectivity index is 2.07. The van der Waals surface area contributed by atoms with Crippen LogP contribution in [0.1, 0.15) is 6.23 Å². The fourth-order valence-corrected chi connectivity index (χ4v) is 2.46. The third-order valence-corrected chi connectivity index (χ3v) is 3.52. The summed E-state index contributed by atoms with van der Waals surface area (Å²) < 4.78 is 11.9. The van der Waals surface area contributed by atoms with E-state index in [0.29, 0.717) is 11.2 Å². The van der Waals surface area contributed by atoms with Crippen LogP contribution in [0, 0.1) is 0 Å². The summed E-state index contributed by atoms with van der Waals surface area (Å²) >= 11 is 5.82. The van der Waals surface area contributed by atoms with Gasteiger partial charge in [0, 0.05) is 0 Å². The first-order valence-electron chi connectivity index (χ1n) is 6.13. The van der Waals surface area contributed by atoms with Crippen molar-refractivity contribution in [1.29, 1.82) is 0 Å². The minimum atomic E-state index is -1.24. The summed E-state index contributed by atoms with van der Waals surface area (Å²) in [6.07, 6.45) is -2.91. The first-order valence-corrected chi connectivity index (χ1v) is 6.51. The van der Waals surface area contributed by atoms with E-state index >= 15 is 0 Å². The lowest BCUT2D eigenvalue weighted by atomic mass is 10.1. The van der Waals surface area contributed by atoms with Gasteiger partial charge in [0.25, 0.3) is 0 Å². The number of methoxy groups -OCH3 is 1. The smallest absolute Gasteiger partial charge is 0.246 e. The molecule has 3 rings (SSSR count). The van der Waals surface area contributed by atoms with Crippen molar-refractivity contribution in [2.75, 3.05) is 13.7 Å². The molecule has 2 aromatic heterocycles. The Morgan fingerprint density at radius 2 is 2.14 bits per heavy atom. The summed E-state index contributed by atoms with van der Waals surface area (Å²) in [5.74, 6) is 0.190. The quantitative estimate of drug-likeness (QED) is 0.623. The zero-order valence-electron chi connectivity index (χ0n) is 10.9. The Morgan fingerprint density at radius 1 is 1.38 bits per heavy atom. The second-order valence-electron chi connectivity index (χ2n) is 4.55. The van der Waals surface area contributed by atoms with Crippen LogP contribution in [0.5, 0.6) is 5.88 Å². The van der Waals surface area contributed by atoms with Crippen LogP contribution in [0.25, 0.3) is 11.2 Å². The van der Waals surface area contributed by atoms with Gasteiger partial charge in [-0.15, -0.1) is 0 Å². The molecule has 0 aliphatic carbocycles. The van der Waals surface area contributed by atoms with Crippen molar-refractivity contribution in [3.63, 3.8) is 0 Å². The monoisotopic (exact) mass is 316 g/mol. The number of nitrogens with zero attached hydrogens (tertiary/aromatic N) is 4. The third-order valence-electron chi connectivity index (χ3n) is 3.35. The van der Waals surface area contributed by atoms with Gasteiger partial charge in [-0.3, -0.25) is 4.57 Å². The molecule has 0 bridgehead atoms. The van der Waals surface area contributed by atoms with Gasteiger partial charge in [-0.1, -0.05) is 0 Å². The molecule has 2 aromatic rings. The summed E-state index contributed by atoms with van der Waals surface area (Å²) in [5, 5.41) is 28.9. The molecule has 3 heterocycles. The van der Waals surface area contributed by atoms with Crippen LogP contribution in [0.2, 0.25) is 5.28 Å². The van der Waals surface area contributed by atoms with Gasteiger partial charge in [0.2, 0.25) is 11.2 Å². The lowest BCUT2D eigenvalue weighted by Crippen LogP contribution is -2.33. The van der Waals surface area contributed by atoms with Crippen molar-refractivity contribution in [1.82, 2.24) is 19.5 Å². The topological polar surface area (TPSA) is 123 Å². The minimum Gasteiger partial charge on any atom is -0.479 e. The maximum atomic E-state index is 10.0. The molecule has 0 amide bonds. The number of halogens is 1. The van der Waals surface area contributed by atoms with E-state index in [-0.39, 0.29) is 11.2 Å². The summed E-state index contributed by atoms with van der Waals surface area (Å²) in [4.78, 5) is 12.0. The molecule has 0 radical (unpaired) electrons. The number of imidazole rings is 1. The van der Waals surface area contributed by atoms with E-state index in [1.165, 1.54) is 18.0 Å². The molecule has 0 aromatic carbocycles. The average molecular weight is 317 g/mol. The molecule has 114 valence electrons. The standard InChI is InChI=1S/C11H13ClN4O5/c1-20-9-5-8(14-11(12)15-9)16(3-13-5)10-7(19)6(18)4(2-17)21-10/h3-4,6-7,10,17-19H,2H2,1H3/t4-,6+,7-,10-/m1/s1. The van der Waals surface area contributed by atoms with E-state index in [1.807, 2.05) is 0 Å². The van der Waals surface area contributed by atoms with Crippen molar-refractivity contribution in [2.45, 2.75) is 24.5 Å². The van der Waals surface area contributed by atoms with E-state index in [4.69, 9.17) is 26.2 Å². The van der Waals surface area contributed by atoms with E-state index in [2.05, 4.69) is 15.0 Å². The Labute approximate surface area is 123 Å². The second kappa shape index (κ2) is 5.35. The number of ether oxygens (including phenoxy) is 2. The third kappa shape index (κ3) is 2.23. The maximum Gasteiger partial charge on any atom is 0.246 e. The van der Waals surface area contributed by atoms with Crippen molar-refractivity contribution >= 4 is 22.8 Å². The molecular formula is C11H13ClN4O5. The van der Waals surface area contributed by atoms with Gasteiger partial charge in [-0.2, -0.15) is 9.97 Å². The lowest BCUT2D eigenvalue weighted by molar-refractivity contribution is -0.0511. The molecule has 4 atom stereocenters. The molecule has 10 heteroatoms. The summed E-state index contributed by atoms with van der Waals surface area (Å²) in [5.41, 5.74) is 0.640. The SMILES string of the molecule is COc1nc(Cl)nc2c1ncn2[C@@H]1O[C@H](CO)[C@H](O)[C@H]1O. The molecule has 0 unspecified atom stereocenters. The molecule has 1 fully saturated rings. The van der Waals surface area contributed by atoms with Gasteiger partial charge in [0.15, 0.2) is 17.4 Å². The number of hydrogen-bond acceptors (Lipinski definition) is 8. The zero-order chi connectivity index (χ0) is 15.1. The van der Waals surface area contributed by atoms with Crippen LogP contribution >= 0.6 is 11.6 Å². The Kier molecular flexibility index (Phi) is 3.68. The average Bonchev–Trinajstić information content (AvgIpc) is 3.01. The van der Waals surface area contributed by atoms with Gasteiger partial charge < -0.3 is 24.8 Å². The van der Waals surface area contributed by atoms with Crippen LogP contribution in [0.4, 0.5) is 0 Å². The fraction of sp³-hybridized carbons (Fsp3) is 0.545. The summed E-state index contributed by atoms with van der Waals surface area (Å²) in [6.45, 7) is -0.416. The van der Waals surface area contributed by atoms with E-state index in [9.17, 15) is 10.2 Å². The number of fused-ring (bicyclic) bond motifs is 1. The first kappa shape index (κ1) is 14.4. The van der Waals surface area contributed by atoms with Crippen LogP contribution in [-0.4, -0.2) is 66.9 Å². The normalized spacial score (nSPS) is 29.2. The highest BCUT2D eigenvalue weighted by Gasteiger charge is 2.44.